The fourth-order valence-electron chi connectivity index (χ4n) is 2.54. The van der Waals surface area contributed by atoms with Crippen molar-refractivity contribution in [2.24, 2.45) is 10.9 Å². The number of rotatable bonds is 7. The minimum atomic E-state index is 0. The molecular weight excluding hydrogens is 363 g/mol. The van der Waals surface area contributed by atoms with E-state index in [4.69, 9.17) is 4.99 Å². The van der Waals surface area contributed by atoms with E-state index in [0.29, 0.717) is 0 Å². The summed E-state index contributed by atoms with van der Waals surface area (Å²) < 4.78 is 0. The van der Waals surface area contributed by atoms with Crippen molar-refractivity contribution in [3.8, 4) is 0 Å². The minimum Gasteiger partial charge on any atom is -0.357 e. The minimum absolute atomic E-state index is 0. The highest BCUT2D eigenvalue weighted by molar-refractivity contribution is 14.0. The van der Waals surface area contributed by atoms with Gasteiger partial charge in [0, 0.05) is 33.2 Å². The Bertz CT molecular complexity index is 271. The molecule has 1 unspecified atom stereocenters. The van der Waals surface area contributed by atoms with Crippen LogP contribution in [0.1, 0.15) is 40.0 Å². The first kappa shape index (κ1) is 20.0. The number of aliphatic imine (C=N–C) groups is 1. The van der Waals surface area contributed by atoms with Crippen molar-refractivity contribution in [1.29, 1.82) is 0 Å². The lowest BCUT2D eigenvalue weighted by molar-refractivity contribution is 0.343. The van der Waals surface area contributed by atoms with Crippen LogP contribution < -0.4 is 5.32 Å². The maximum Gasteiger partial charge on any atom is 0.193 e. The Hall–Kier alpha value is -0.0400. The molecule has 1 aliphatic rings. The van der Waals surface area contributed by atoms with Gasteiger partial charge in [-0.15, -0.1) is 24.0 Å². The highest BCUT2D eigenvalue weighted by Crippen LogP contribution is 2.15. The molecule has 5 heteroatoms. The molecule has 0 bridgehead atoms. The van der Waals surface area contributed by atoms with Gasteiger partial charge in [-0.3, -0.25) is 4.99 Å². The zero-order chi connectivity index (χ0) is 14.1. The number of likely N-dealkylation sites (tertiary alicyclic amines) is 1. The second kappa shape index (κ2) is 11.6. The molecule has 0 aromatic heterocycles. The standard InChI is InChI=1S/C15H32N4.HI/c1-5-8-10-18(4)15(16-6-2)17-12-14-9-11-19(7-3)13-14;/h14H,5-13H2,1-4H3,(H,16,17);1H. The summed E-state index contributed by atoms with van der Waals surface area (Å²) in [4.78, 5) is 9.61. The SMILES string of the molecule is CCCCN(C)C(=NCC1CCN(CC)C1)NCC.I. The number of unbranched alkanes of at least 4 members (excludes halogenated alkanes) is 1. The molecule has 0 aromatic rings. The summed E-state index contributed by atoms with van der Waals surface area (Å²) in [6.45, 7) is 13.3. The largest absolute Gasteiger partial charge is 0.357 e. The van der Waals surface area contributed by atoms with Crippen LogP contribution >= 0.6 is 24.0 Å². The zero-order valence-corrected chi connectivity index (χ0v) is 16.0. The molecule has 0 spiro atoms. The van der Waals surface area contributed by atoms with Crippen molar-refractivity contribution in [2.75, 3.05) is 46.3 Å². The summed E-state index contributed by atoms with van der Waals surface area (Å²) >= 11 is 0. The average Bonchev–Trinajstić information content (AvgIpc) is 2.88. The molecular formula is C15H33IN4. The molecule has 0 amide bonds. The molecule has 1 rings (SSSR count). The summed E-state index contributed by atoms with van der Waals surface area (Å²) in [6.07, 6.45) is 3.77. The van der Waals surface area contributed by atoms with Crippen LogP contribution in [0.25, 0.3) is 0 Å². The third-order valence-electron chi connectivity index (χ3n) is 3.86. The molecule has 0 saturated carbocycles. The lowest BCUT2D eigenvalue weighted by Crippen LogP contribution is -2.39. The molecule has 0 aliphatic carbocycles. The normalized spacial score (nSPS) is 19.8. The summed E-state index contributed by atoms with van der Waals surface area (Å²) in [5.74, 6) is 1.82. The second-order valence-corrected chi connectivity index (χ2v) is 5.52. The fourth-order valence-corrected chi connectivity index (χ4v) is 2.54. The van der Waals surface area contributed by atoms with Crippen molar-refractivity contribution < 1.29 is 0 Å². The van der Waals surface area contributed by atoms with Crippen molar-refractivity contribution in [3.05, 3.63) is 0 Å². The molecule has 1 saturated heterocycles. The molecule has 1 heterocycles. The van der Waals surface area contributed by atoms with E-state index in [9.17, 15) is 0 Å². The highest BCUT2D eigenvalue weighted by atomic mass is 127. The van der Waals surface area contributed by atoms with Crippen LogP contribution in [0.15, 0.2) is 4.99 Å². The predicted octanol–water partition coefficient (Wildman–Crippen LogP) is 2.64. The monoisotopic (exact) mass is 396 g/mol. The Morgan fingerprint density at radius 1 is 1.35 bits per heavy atom. The molecule has 1 fully saturated rings. The van der Waals surface area contributed by atoms with Gasteiger partial charge in [0.05, 0.1) is 0 Å². The molecule has 1 aliphatic heterocycles. The number of halogens is 1. The van der Waals surface area contributed by atoms with Gasteiger partial charge in [-0.1, -0.05) is 20.3 Å². The lowest BCUT2D eigenvalue weighted by atomic mass is 10.1. The van der Waals surface area contributed by atoms with Gasteiger partial charge in [-0.2, -0.15) is 0 Å². The first-order chi connectivity index (χ1) is 9.21. The zero-order valence-electron chi connectivity index (χ0n) is 13.7. The maximum absolute atomic E-state index is 4.82. The summed E-state index contributed by atoms with van der Waals surface area (Å²) in [5, 5.41) is 3.40. The fraction of sp³-hybridized carbons (Fsp3) is 0.933. The van der Waals surface area contributed by atoms with Crippen LogP contribution in [-0.4, -0.2) is 62.1 Å². The third-order valence-corrected chi connectivity index (χ3v) is 3.86. The van der Waals surface area contributed by atoms with Crippen molar-refractivity contribution in [2.45, 2.75) is 40.0 Å². The van der Waals surface area contributed by atoms with Crippen LogP contribution in [0.4, 0.5) is 0 Å². The Balaban J connectivity index is 0.00000361. The Labute approximate surface area is 142 Å². The van der Waals surface area contributed by atoms with Gasteiger partial charge in [0.1, 0.15) is 0 Å². The molecule has 120 valence electrons. The van der Waals surface area contributed by atoms with E-state index in [1.165, 1.54) is 38.9 Å². The molecule has 0 aromatic carbocycles. The van der Waals surface area contributed by atoms with E-state index >= 15 is 0 Å². The van der Waals surface area contributed by atoms with E-state index in [-0.39, 0.29) is 24.0 Å². The lowest BCUT2D eigenvalue weighted by Gasteiger charge is -2.22. The number of guanidine groups is 1. The van der Waals surface area contributed by atoms with E-state index in [1.54, 1.807) is 0 Å². The first-order valence-corrected chi connectivity index (χ1v) is 7.93. The summed E-state index contributed by atoms with van der Waals surface area (Å²) in [5.41, 5.74) is 0. The molecule has 0 radical (unpaired) electrons. The number of hydrogen-bond acceptors (Lipinski definition) is 2. The third kappa shape index (κ3) is 7.11. The van der Waals surface area contributed by atoms with E-state index in [1.807, 2.05) is 0 Å². The van der Waals surface area contributed by atoms with E-state index < -0.39 is 0 Å². The van der Waals surface area contributed by atoms with Crippen LogP contribution in [0.5, 0.6) is 0 Å². The summed E-state index contributed by atoms with van der Waals surface area (Å²) in [6, 6.07) is 0. The van der Waals surface area contributed by atoms with Gasteiger partial charge in [0.25, 0.3) is 0 Å². The van der Waals surface area contributed by atoms with Gasteiger partial charge in [0.15, 0.2) is 5.96 Å². The van der Waals surface area contributed by atoms with Crippen molar-refractivity contribution >= 4 is 29.9 Å². The number of nitrogens with zero attached hydrogens (tertiary/aromatic N) is 3. The number of nitrogens with one attached hydrogen (secondary N) is 1. The average molecular weight is 396 g/mol. The Morgan fingerprint density at radius 3 is 2.65 bits per heavy atom. The predicted molar refractivity (Wildman–Crippen MR) is 99.2 cm³/mol. The molecule has 4 nitrogen and oxygen atoms in total. The highest BCUT2D eigenvalue weighted by Gasteiger charge is 2.20. The van der Waals surface area contributed by atoms with Crippen molar-refractivity contribution in [3.63, 3.8) is 0 Å². The first-order valence-electron chi connectivity index (χ1n) is 7.93. The smallest absolute Gasteiger partial charge is 0.193 e. The topological polar surface area (TPSA) is 30.9 Å². The second-order valence-electron chi connectivity index (χ2n) is 5.52. The van der Waals surface area contributed by atoms with Gasteiger partial charge in [-0.05, 0) is 38.8 Å². The molecule has 1 N–H and O–H groups in total. The van der Waals surface area contributed by atoms with Crippen LogP contribution in [0, 0.1) is 5.92 Å². The summed E-state index contributed by atoms with van der Waals surface area (Å²) in [7, 11) is 2.14. The van der Waals surface area contributed by atoms with Crippen molar-refractivity contribution in [1.82, 2.24) is 15.1 Å². The maximum atomic E-state index is 4.82. The van der Waals surface area contributed by atoms with Crippen LogP contribution in [-0.2, 0) is 0 Å². The molecule has 1 atom stereocenters. The van der Waals surface area contributed by atoms with Gasteiger partial charge in [-0.25, -0.2) is 0 Å². The Morgan fingerprint density at radius 2 is 2.10 bits per heavy atom. The van der Waals surface area contributed by atoms with Gasteiger partial charge >= 0.3 is 0 Å². The molecule has 20 heavy (non-hydrogen) atoms. The quantitative estimate of drug-likeness (QED) is 0.408. The van der Waals surface area contributed by atoms with E-state index in [2.05, 4.69) is 42.9 Å². The van der Waals surface area contributed by atoms with E-state index in [0.717, 1.165) is 31.5 Å². The van der Waals surface area contributed by atoms with Gasteiger partial charge < -0.3 is 15.1 Å². The van der Waals surface area contributed by atoms with Gasteiger partial charge in [0.2, 0.25) is 0 Å². The van der Waals surface area contributed by atoms with Crippen LogP contribution in [0.2, 0.25) is 0 Å². The number of hydrogen-bond donors (Lipinski definition) is 1. The van der Waals surface area contributed by atoms with Crippen LogP contribution in [0.3, 0.4) is 0 Å². The Kier molecular flexibility index (Phi) is 11.6.